The Morgan fingerprint density at radius 2 is 2.42 bits per heavy atom. The molecule has 5 heteroatoms. The van der Waals surface area contributed by atoms with Crippen molar-refractivity contribution >= 4 is 18.4 Å². The largest absolute Gasteiger partial charge is 0.480 e. The Labute approximate surface area is 77.7 Å². The third-order valence-corrected chi connectivity index (χ3v) is 1.92. The fraction of sp³-hybridized carbons (Fsp3) is 0.857. The van der Waals surface area contributed by atoms with E-state index < -0.39 is 5.97 Å². The average molecular weight is 196 g/mol. The first-order chi connectivity index (χ1) is 5.24. The second-order valence-electron chi connectivity index (χ2n) is 2.86. The molecule has 1 heterocycles. The lowest BCUT2D eigenvalue weighted by Crippen LogP contribution is -2.29. The summed E-state index contributed by atoms with van der Waals surface area (Å²) in [6, 6.07) is -0.366. The van der Waals surface area contributed by atoms with Crippen molar-refractivity contribution in [1.82, 2.24) is 5.32 Å². The molecule has 4 nitrogen and oxygen atoms in total. The highest BCUT2D eigenvalue weighted by molar-refractivity contribution is 5.85. The fourth-order valence-corrected chi connectivity index (χ4v) is 1.36. The summed E-state index contributed by atoms with van der Waals surface area (Å²) in [5.41, 5.74) is 0. The van der Waals surface area contributed by atoms with E-state index in [0.29, 0.717) is 18.9 Å². The lowest BCUT2D eigenvalue weighted by atomic mass is 10.1. The first-order valence-corrected chi connectivity index (χ1v) is 3.69. The third kappa shape index (κ3) is 2.97. The van der Waals surface area contributed by atoms with Crippen LogP contribution in [0.1, 0.15) is 6.42 Å². The van der Waals surface area contributed by atoms with Crippen molar-refractivity contribution < 1.29 is 14.6 Å². The van der Waals surface area contributed by atoms with Crippen LogP contribution >= 0.6 is 12.4 Å². The number of halogens is 1. The maximum absolute atomic E-state index is 10.4. The second kappa shape index (κ2) is 5.35. The molecule has 0 aromatic carbocycles. The van der Waals surface area contributed by atoms with Crippen molar-refractivity contribution in [1.29, 1.82) is 0 Å². The molecule has 2 unspecified atom stereocenters. The zero-order valence-corrected chi connectivity index (χ0v) is 7.76. The SMILES string of the molecule is COCC1CNC(C(=O)O)C1.Cl. The maximum atomic E-state index is 10.4. The number of aliphatic carboxylic acids is 1. The van der Waals surface area contributed by atoms with Crippen LogP contribution in [-0.4, -0.2) is 37.4 Å². The molecule has 0 radical (unpaired) electrons. The van der Waals surface area contributed by atoms with Gasteiger partial charge in [-0.15, -0.1) is 12.4 Å². The summed E-state index contributed by atoms with van der Waals surface area (Å²) >= 11 is 0. The quantitative estimate of drug-likeness (QED) is 0.672. The van der Waals surface area contributed by atoms with Crippen LogP contribution < -0.4 is 5.32 Å². The van der Waals surface area contributed by atoms with Crippen LogP contribution in [0.25, 0.3) is 0 Å². The Morgan fingerprint density at radius 3 is 2.83 bits per heavy atom. The first kappa shape index (κ1) is 11.7. The Balaban J connectivity index is 0.00000121. The molecular formula is C7H14ClNO3. The lowest BCUT2D eigenvalue weighted by molar-refractivity contribution is -0.139. The van der Waals surface area contributed by atoms with Crippen molar-refractivity contribution in [3.8, 4) is 0 Å². The van der Waals surface area contributed by atoms with E-state index in [1.807, 2.05) is 0 Å². The number of nitrogens with one attached hydrogen (secondary N) is 1. The highest BCUT2D eigenvalue weighted by atomic mass is 35.5. The van der Waals surface area contributed by atoms with Gasteiger partial charge in [-0.3, -0.25) is 4.79 Å². The Morgan fingerprint density at radius 1 is 1.75 bits per heavy atom. The van der Waals surface area contributed by atoms with Gasteiger partial charge in [0.25, 0.3) is 0 Å². The third-order valence-electron chi connectivity index (χ3n) is 1.92. The predicted octanol–water partition coefficient (Wildman–Crippen LogP) is 0.117. The first-order valence-electron chi connectivity index (χ1n) is 3.69. The number of methoxy groups -OCH3 is 1. The zero-order chi connectivity index (χ0) is 8.27. The van der Waals surface area contributed by atoms with E-state index in [-0.39, 0.29) is 18.4 Å². The molecule has 0 saturated carbocycles. The van der Waals surface area contributed by atoms with Crippen LogP contribution in [0.2, 0.25) is 0 Å². The molecule has 0 amide bonds. The van der Waals surface area contributed by atoms with E-state index in [1.54, 1.807) is 7.11 Å². The molecule has 1 saturated heterocycles. The van der Waals surface area contributed by atoms with Crippen molar-refractivity contribution in [2.75, 3.05) is 20.3 Å². The van der Waals surface area contributed by atoms with Crippen LogP contribution in [0, 0.1) is 5.92 Å². The molecule has 2 atom stereocenters. The van der Waals surface area contributed by atoms with Gasteiger partial charge in [-0.1, -0.05) is 0 Å². The van der Waals surface area contributed by atoms with Gasteiger partial charge in [0.05, 0.1) is 6.61 Å². The van der Waals surface area contributed by atoms with E-state index in [9.17, 15) is 4.79 Å². The van der Waals surface area contributed by atoms with E-state index in [0.717, 1.165) is 6.54 Å². The normalized spacial score (nSPS) is 28.1. The van der Waals surface area contributed by atoms with Crippen LogP contribution in [-0.2, 0) is 9.53 Å². The Hall–Kier alpha value is -0.320. The minimum Gasteiger partial charge on any atom is -0.480 e. The molecule has 1 fully saturated rings. The van der Waals surface area contributed by atoms with Crippen molar-refractivity contribution in [3.05, 3.63) is 0 Å². The molecule has 0 aromatic heterocycles. The van der Waals surface area contributed by atoms with E-state index in [1.165, 1.54) is 0 Å². The van der Waals surface area contributed by atoms with Gasteiger partial charge in [0.1, 0.15) is 6.04 Å². The van der Waals surface area contributed by atoms with Gasteiger partial charge in [-0.2, -0.15) is 0 Å². The molecular weight excluding hydrogens is 182 g/mol. The van der Waals surface area contributed by atoms with Gasteiger partial charge in [0.2, 0.25) is 0 Å². The van der Waals surface area contributed by atoms with Crippen LogP contribution in [0.3, 0.4) is 0 Å². The van der Waals surface area contributed by atoms with Crippen LogP contribution in [0.5, 0.6) is 0 Å². The van der Waals surface area contributed by atoms with Crippen molar-refractivity contribution in [3.63, 3.8) is 0 Å². The van der Waals surface area contributed by atoms with Gasteiger partial charge in [-0.05, 0) is 12.3 Å². The van der Waals surface area contributed by atoms with Gasteiger partial charge in [0, 0.05) is 13.7 Å². The molecule has 1 aliphatic rings. The number of carbonyl (C=O) groups is 1. The zero-order valence-electron chi connectivity index (χ0n) is 6.95. The standard InChI is InChI=1S/C7H13NO3.ClH/c1-11-4-5-2-6(7(9)10)8-3-5;/h5-6,8H,2-4H2,1H3,(H,9,10);1H. The van der Waals surface area contributed by atoms with Gasteiger partial charge in [0.15, 0.2) is 0 Å². The van der Waals surface area contributed by atoms with Crippen molar-refractivity contribution in [2.24, 2.45) is 5.92 Å². The number of ether oxygens (including phenoxy) is 1. The summed E-state index contributed by atoms with van der Waals surface area (Å²) in [7, 11) is 1.63. The molecule has 0 aliphatic carbocycles. The molecule has 0 spiro atoms. The minimum atomic E-state index is -0.761. The summed E-state index contributed by atoms with van der Waals surface area (Å²) in [5, 5.41) is 11.5. The average Bonchev–Trinajstić information content (AvgIpc) is 2.37. The molecule has 1 rings (SSSR count). The Kier molecular flexibility index (Phi) is 5.20. The van der Waals surface area contributed by atoms with Crippen LogP contribution in [0.4, 0.5) is 0 Å². The number of carboxylic acid groups (broad SMARTS) is 1. The molecule has 0 aromatic rings. The maximum Gasteiger partial charge on any atom is 0.320 e. The predicted molar refractivity (Wildman–Crippen MR) is 46.7 cm³/mol. The van der Waals surface area contributed by atoms with Gasteiger partial charge in [-0.25, -0.2) is 0 Å². The van der Waals surface area contributed by atoms with E-state index >= 15 is 0 Å². The summed E-state index contributed by atoms with van der Waals surface area (Å²) < 4.78 is 4.92. The van der Waals surface area contributed by atoms with E-state index in [2.05, 4.69) is 5.32 Å². The summed E-state index contributed by atoms with van der Waals surface area (Å²) in [6.45, 7) is 1.40. The van der Waals surface area contributed by atoms with E-state index in [4.69, 9.17) is 9.84 Å². The molecule has 1 aliphatic heterocycles. The van der Waals surface area contributed by atoms with Crippen LogP contribution in [0.15, 0.2) is 0 Å². The molecule has 12 heavy (non-hydrogen) atoms. The summed E-state index contributed by atoms with van der Waals surface area (Å²) in [5.74, 6) is -0.398. The molecule has 2 N–H and O–H groups in total. The van der Waals surface area contributed by atoms with Crippen molar-refractivity contribution in [2.45, 2.75) is 12.5 Å². The molecule has 0 bridgehead atoms. The minimum absolute atomic E-state index is 0. The number of carboxylic acids is 1. The van der Waals surface area contributed by atoms with Gasteiger partial charge < -0.3 is 15.2 Å². The Bertz CT molecular complexity index is 154. The highest BCUT2D eigenvalue weighted by Gasteiger charge is 2.28. The fourth-order valence-electron chi connectivity index (χ4n) is 1.36. The monoisotopic (exact) mass is 195 g/mol. The number of hydrogen-bond donors (Lipinski definition) is 2. The van der Waals surface area contributed by atoms with Gasteiger partial charge >= 0.3 is 5.97 Å². The topological polar surface area (TPSA) is 58.6 Å². The second-order valence-corrected chi connectivity index (χ2v) is 2.86. The highest BCUT2D eigenvalue weighted by Crippen LogP contribution is 2.13. The number of rotatable bonds is 3. The summed E-state index contributed by atoms with van der Waals surface area (Å²) in [6.07, 6.45) is 0.684. The molecule has 72 valence electrons. The smallest absolute Gasteiger partial charge is 0.320 e. The summed E-state index contributed by atoms with van der Waals surface area (Å²) in [4.78, 5) is 10.4. The lowest BCUT2D eigenvalue weighted by Gasteiger charge is -2.04. The number of hydrogen-bond acceptors (Lipinski definition) is 3.